The zero-order valence-corrected chi connectivity index (χ0v) is 12.8. The van der Waals surface area contributed by atoms with Gasteiger partial charge in [-0.2, -0.15) is 5.10 Å². The Morgan fingerprint density at radius 3 is 2.57 bits per heavy atom. The molecule has 0 N–H and O–H groups in total. The van der Waals surface area contributed by atoms with Gasteiger partial charge in [-0.25, -0.2) is 9.67 Å². The lowest BCUT2D eigenvalue weighted by Gasteiger charge is -2.13. The molecule has 0 bridgehead atoms. The minimum absolute atomic E-state index is 0.416. The zero-order valence-electron chi connectivity index (χ0n) is 12.8. The van der Waals surface area contributed by atoms with Crippen LogP contribution in [0.1, 0.15) is 31.0 Å². The summed E-state index contributed by atoms with van der Waals surface area (Å²) in [6, 6.07) is 10.1. The van der Waals surface area contributed by atoms with Gasteiger partial charge in [0.1, 0.15) is 5.75 Å². The van der Waals surface area contributed by atoms with Crippen LogP contribution in [-0.4, -0.2) is 21.9 Å². The molecule has 0 spiro atoms. The monoisotopic (exact) mass is 281 g/mol. The van der Waals surface area contributed by atoms with Gasteiger partial charge in [-0.05, 0) is 42.7 Å². The standard InChI is InChI=1S/C17H19N3O/c1-11(2)15-10-17(20-8-7-12(3)19-20)18-16-9-13(21-4)5-6-14(15)16/h5-11H,1-4H3. The molecule has 4 heteroatoms. The predicted octanol–water partition coefficient (Wildman–Crippen LogP) is 3.86. The second kappa shape index (κ2) is 5.20. The van der Waals surface area contributed by atoms with Crippen molar-refractivity contribution in [1.82, 2.24) is 14.8 Å². The number of benzene rings is 1. The molecule has 0 aliphatic heterocycles. The molecule has 21 heavy (non-hydrogen) atoms. The van der Waals surface area contributed by atoms with Crippen LogP contribution >= 0.6 is 0 Å². The number of nitrogens with zero attached hydrogens (tertiary/aromatic N) is 3. The highest BCUT2D eigenvalue weighted by molar-refractivity contribution is 5.85. The molecule has 3 rings (SSSR count). The Balaban J connectivity index is 2.26. The number of hydrogen-bond acceptors (Lipinski definition) is 3. The Morgan fingerprint density at radius 2 is 1.95 bits per heavy atom. The number of aromatic nitrogens is 3. The highest BCUT2D eigenvalue weighted by Crippen LogP contribution is 2.29. The molecule has 0 atom stereocenters. The Kier molecular flexibility index (Phi) is 3.37. The fraction of sp³-hybridized carbons (Fsp3) is 0.294. The third-order valence-corrected chi connectivity index (χ3v) is 3.61. The first-order valence-corrected chi connectivity index (χ1v) is 7.10. The van der Waals surface area contributed by atoms with Crippen LogP contribution in [0.5, 0.6) is 5.75 Å². The van der Waals surface area contributed by atoms with E-state index in [1.54, 1.807) is 7.11 Å². The molecule has 0 radical (unpaired) electrons. The highest BCUT2D eigenvalue weighted by Gasteiger charge is 2.11. The SMILES string of the molecule is COc1ccc2c(C(C)C)cc(-n3ccc(C)n3)nc2c1. The molecule has 2 aromatic heterocycles. The van der Waals surface area contributed by atoms with Crippen molar-refractivity contribution < 1.29 is 4.74 Å². The van der Waals surface area contributed by atoms with Gasteiger partial charge < -0.3 is 4.74 Å². The fourth-order valence-electron chi connectivity index (χ4n) is 2.49. The molecule has 108 valence electrons. The summed E-state index contributed by atoms with van der Waals surface area (Å²) in [5.74, 6) is 2.07. The average Bonchev–Trinajstić information content (AvgIpc) is 2.91. The van der Waals surface area contributed by atoms with E-state index in [-0.39, 0.29) is 0 Å². The molecule has 0 aliphatic carbocycles. The predicted molar refractivity (Wildman–Crippen MR) is 84.2 cm³/mol. The number of fused-ring (bicyclic) bond motifs is 1. The first-order chi connectivity index (χ1) is 10.1. The summed E-state index contributed by atoms with van der Waals surface area (Å²) in [5.41, 5.74) is 3.18. The van der Waals surface area contributed by atoms with Crippen molar-refractivity contribution in [3.8, 4) is 11.6 Å². The maximum absolute atomic E-state index is 5.31. The molecule has 0 unspecified atom stereocenters. The van der Waals surface area contributed by atoms with E-state index in [9.17, 15) is 0 Å². The van der Waals surface area contributed by atoms with Crippen LogP contribution < -0.4 is 4.74 Å². The molecule has 1 aromatic carbocycles. The van der Waals surface area contributed by atoms with E-state index in [0.29, 0.717) is 5.92 Å². The molecule has 0 aliphatic rings. The maximum atomic E-state index is 5.31. The van der Waals surface area contributed by atoms with Gasteiger partial charge in [0.05, 0.1) is 18.3 Å². The van der Waals surface area contributed by atoms with Gasteiger partial charge in [0, 0.05) is 17.6 Å². The summed E-state index contributed by atoms with van der Waals surface area (Å²) in [5, 5.41) is 5.62. The van der Waals surface area contributed by atoms with Crippen molar-refractivity contribution in [2.75, 3.05) is 7.11 Å². The summed E-state index contributed by atoms with van der Waals surface area (Å²) in [7, 11) is 1.67. The maximum Gasteiger partial charge on any atom is 0.154 e. The van der Waals surface area contributed by atoms with E-state index >= 15 is 0 Å². The van der Waals surface area contributed by atoms with Gasteiger partial charge in [0.25, 0.3) is 0 Å². The minimum Gasteiger partial charge on any atom is -0.497 e. The van der Waals surface area contributed by atoms with Crippen LogP contribution in [-0.2, 0) is 0 Å². The first-order valence-electron chi connectivity index (χ1n) is 7.10. The lowest BCUT2D eigenvalue weighted by Crippen LogP contribution is -2.02. The van der Waals surface area contributed by atoms with E-state index in [1.165, 1.54) is 10.9 Å². The van der Waals surface area contributed by atoms with Gasteiger partial charge in [0.15, 0.2) is 5.82 Å². The number of pyridine rings is 1. The van der Waals surface area contributed by atoms with Crippen molar-refractivity contribution in [3.05, 3.63) is 47.8 Å². The van der Waals surface area contributed by atoms with Crippen molar-refractivity contribution in [2.24, 2.45) is 0 Å². The average molecular weight is 281 g/mol. The normalized spacial score (nSPS) is 11.3. The smallest absolute Gasteiger partial charge is 0.154 e. The Labute approximate surface area is 124 Å². The zero-order chi connectivity index (χ0) is 15.0. The van der Waals surface area contributed by atoms with Gasteiger partial charge in [-0.15, -0.1) is 0 Å². The quantitative estimate of drug-likeness (QED) is 0.732. The van der Waals surface area contributed by atoms with Gasteiger partial charge in [-0.3, -0.25) is 0 Å². The van der Waals surface area contributed by atoms with Crippen molar-refractivity contribution in [2.45, 2.75) is 26.7 Å². The minimum atomic E-state index is 0.416. The Hall–Kier alpha value is -2.36. The van der Waals surface area contributed by atoms with E-state index in [1.807, 2.05) is 36.0 Å². The lowest BCUT2D eigenvalue weighted by molar-refractivity contribution is 0.415. The van der Waals surface area contributed by atoms with Crippen LogP contribution in [0.2, 0.25) is 0 Å². The fourth-order valence-corrected chi connectivity index (χ4v) is 2.49. The van der Waals surface area contributed by atoms with Crippen LogP contribution in [0.15, 0.2) is 36.5 Å². The molecule has 0 saturated carbocycles. The van der Waals surface area contributed by atoms with Crippen LogP contribution in [0, 0.1) is 6.92 Å². The number of methoxy groups -OCH3 is 1. The third kappa shape index (κ3) is 2.49. The topological polar surface area (TPSA) is 39.9 Å². The number of aryl methyl sites for hydroxylation is 1. The summed E-state index contributed by atoms with van der Waals surface area (Å²) >= 11 is 0. The van der Waals surface area contributed by atoms with Crippen LogP contribution in [0.25, 0.3) is 16.7 Å². The number of hydrogen-bond donors (Lipinski definition) is 0. The largest absolute Gasteiger partial charge is 0.497 e. The Morgan fingerprint density at radius 1 is 1.14 bits per heavy atom. The van der Waals surface area contributed by atoms with Crippen LogP contribution in [0.3, 0.4) is 0 Å². The molecular weight excluding hydrogens is 262 g/mol. The van der Waals surface area contributed by atoms with E-state index < -0.39 is 0 Å². The molecule has 0 saturated heterocycles. The van der Waals surface area contributed by atoms with Gasteiger partial charge in [-0.1, -0.05) is 13.8 Å². The molecule has 3 aromatic rings. The van der Waals surface area contributed by atoms with Crippen molar-refractivity contribution >= 4 is 10.9 Å². The lowest BCUT2D eigenvalue weighted by atomic mass is 9.98. The molecular formula is C17H19N3O. The molecule has 0 fully saturated rings. The number of rotatable bonds is 3. The van der Waals surface area contributed by atoms with E-state index in [2.05, 4.69) is 31.1 Å². The van der Waals surface area contributed by atoms with Gasteiger partial charge >= 0.3 is 0 Å². The Bertz CT molecular complexity index is 790. The van der Waals surface area contributed by atoms with Crippen molar-refractivity contribution in [1.29, 1.82) is 0 Å². The van der Waals surface area contributed by atoms with Gasteiger partial charge in [0.2, 0.25) is 0 Å². The summed E-state index contributed by atoms with van der Waals surface area (Å²) in [4.78, 5) is 4.73. The first kappa shape index (κ1) is 13.6. The summed E-state index contributed by atoms with van der Waals surface area (Å²) in [6.45, 7) is 6.36. The molecule has 0 amide bonds. The third-order valence-electron chi connectivity index (χ3n) is 3.61. The van der Waals surface area contributed by atoms with Crippen LogP contribution in [0.4, 0.5) is 0 Å². The number of ether oxygens (including phenoxy) is 1. The molecule has 4 nitrogen and oxygen atoms in total. The highest BCUT2D eigenvalue weighted by atomic mass is 16.5. The van der Waals surface area contributed by atoms with E-state index in [0.717, 1.165) is 22.8 Å². The second-order valence-corrected chi connectivity index (χ2v) is 5.51. The van der Waals surface area contributed by atoms with Crippen molar-refractivity contribution in [3.63, 3.8) is 0 Å². The second-order valence-electron chi connectivity index (χ2n) is 5.51. The summed E-state index contributed by atoms with van der Waals surface area (Å²) < 4.78 is 7.13. The summed E-state index contributed by atoms with van der Waals surface area (Å²) in [6.07, 6.45) is 1.94. The van der Waals surface area contributed by atoms with E-state index in [4.69, 9.17) is 9.72 Å². The molecule has 2 heterocycles.